The summed E-state index contributed by atoms with van der Waals surface area (Å²) in [7, 11) is 0. The Morgan fingerprint density at radius 1 is 1.24 bits per heavy atom. The van der Waals surface area contributed by atoms with Crippen LogP contribution in [0.5, 0.6) is 0 Å². The fourth-order valence-corrected chi connectivity index (χ4v) is 2.23. The van der Waals surface area contributed by atoms with Gasteiger partial charge in [0.1, 0.15) is 0 Å². The predicted molar refractivity (Wildman–Crippen MR) is 65.7 cm³/mol. The summed E-state index contributed by atoms with van der Waals surface area (Å²) in [5, 5.41) is 8.89. The van der Waals surface area contributed by atoms with Crippen LogP contribution in [0, 0.1) is 0 Å². The maximum absolute atomic E-state index is 12.2. The highest BCUT2D eigenvalue weighted by molar-refractivity contribution is 6.01. The number of carbonyl (C=O) groups excluding carboxylic acids is 1. The summed E-state index contributed by atoms with van der Waals surface area (Å²) in [6.45, 7) is 5.91. The Labute approximate surface area is 102 Å². The standard InChI is InChI=1S/C13H21NO3/c1-4-11-7-5-6-8-14(11)12(15)9(2)10(3)13(16)17/h11H,4-8H2,1-3H3,(H,16,17). The van der Waals surface area contributed by atoms with Gasteiger partial charge in [0.25, 0.3) is 0 Å². The van der Waals surface area contributed by atoms with Crippen LogP contribution in [0.25, 0.3) is 0 Å². The third kappa shape index (κ3) is 3.08. The van der Waals surface area contributed by atoms with E-state index in [2.05, 4.69) is 6.92 Å². The summed E-state index contributed by atoms with van der Waals surface area (Å²) in [4.78, 5) is 24.9. The molecule has 1 unspecified atom stereocenters. The molecule has 0 aliphatic carbocycles. The van der Waals surface area contributed by atoms with E-state index in [1.54, 1.807) is 6.92 Å². The lowest BCUT2D eigenvalue weighted by molar-refractivity contribution is -0.134. The lowest BCUT2D eigenvalue weighted by atomic mass is 9.98. The Balaban J connectivity index is 2.88. The molecule has 1 amide bonds. The van der Waals surface area contributed by atoms with Crippen molar-refractivity contribution in [3.63, 3.8) is 0 Å². The summed E-state index contributed by atoms with van der Waals surface area (Å²) in [5.41, 5.74) is 0.508. The van der Waals surface area contributed by atoms with E-state index in [0.717, 1.165) is 32.2 Å². The lowest BCUT2D eigenvalue weighted by Crippen LogP contribution is -2.44. The Morgan fingerprint density at radius 3 is 2.41 bits per heavy atom. The second-order valence-electron chi connectivity index (χ2n) is 4.61. The number of aliphatic carboxylic acids is 1. The summed E-state index contributed by atoms with van der Waals surface area (Å²) < 4.78 is 0. The number of nitrogens with zero attached hydrogens (tertiary/aromatic N) is 1. The van der Waals surface area contributed by atoms with Gasteiger partial charge in [0.2, 0.25) is 5.91 Å². The fourth-order valence-electron chi connectivity index (χ4n) is 2.23. The van der Waals surface area contributed by atoms with E-state index >= 15 is 0 Å². The van der Waals surface area contributed by atoms with E-state index in [4.69, 9.17) is 5.11 Å². The molecule has 0 aromatic heterocycles. The van der Waals surface area contributed by atoms with Gasteiger partial charge in [0.05, 0.1) is 0 Å². The number of amides is 1. The summed E-state index contributed by atoms with van der Waals surface area (Å²) >= 11 is 0. The summed E-state index contributed by atoms with van der Waals surface area (Å²) in [5.74, 6) is -1.13. The lowest BCUT2D eigenvalue weighted by Gasteiger charge is -2.35. The fraction of sp³-hybridized carbons (Fsp3) is 0.692. The summed E-state index contributed by atoms with van der Waals surface area (Å²) in [6, 6.07) is 0.271. The van der Waals surface area contributed by atoms with Crippen LogP contribution >= 0.6 is 0 Å². The van der Waals surface area contributed by atoms with Crippen LogP contribution in [-0.4, -0.2) is 34.5 Å². The minimum absolute atomic E-state index is 0.114. The van der Waals surface area contributed by atoms with E-state index < -0.39 is 5.97 Å². The Morgan fingerprint density at radius 2 is 1.88 bits per heavy atom. The van der Waals surface area contributed by atoms with E-state index in [9.17, 15) is 9.59 Å². The molecule has 0 radical (unpaired) electrons. The number of hydrogen-bond donors (Lipinski definition) is 1. The molecule has 0 bridgehead atoms. The van der Waals surface area contributed by atoms with Gasteiger partial charge < -0.3 is 10.0 Å². The van der Waals surface area contributed by atoms with E-state index in [-0.39, 0.29) is 17.5 Å². The molecular weight excluding hydrogens is 218 g/mol. The predicted octanol–water partition coefficient (Wildman–Crippen LogP) is 2.20. The molecule has 0 aromatic rings. The molecule has 1 aliphatic heterocycles. The average molecular weight is 239 g/mol. The molecule has 0 aromatic carbocycles. The number of carboxylic acid groups (broad SMARTS) is 1. The zero-order chi connectivity index (χ0) is 13.0. The Bertz CT molecular complexity index is 347. The molecule has 1 heterocycles. The largest absolute Gasteiger partial charge is 0.478 e. The molecular formula is C13H21NO3. The summed E-state index contributed by atoms with van der Waals surface area (Å²) in [6.07, 6.45) is 4.14. The number of rotatable bonds is 3. The normalized spacial score (nSPS) is 22.1. The second kappa shape index (κ2) is 5.84. The molecule has 1 aliphatic rings. The number of carbonyl (C=O) groups is 2. The van der Waals surface area contributed by atoms with Crippen molar-refractivity contribution < 1.29 is 14.7 Å². The van der Waals surface area contributed by atoms with E-state index in [0.29, 0.717) is 5.57 Å². The zero-order valence-corrected chi connectivity index (χ0v) is 10.8. The van der Waals surface area contributed by atoms with Crippen LogP contribution in [0.15, 0.2) is 11.1 Å². The first-order chi connectivity index (χ1) is 7.99. The van der Waals surface area contributed by atoms with Crippen molar-refractivity contribution in [3.8, 4) is 0 Å². The molecule has 1 saturated heterocycles. The van der Waals surface area contributed by atoms with Gasteiger partial charge in [-0.2, -0.15) is 0 Å². The highest BCUT2D eigenvalue weighted by Gasteiger charge is 2.27. The third-order valence-corrected chi connectivity index (χ3v) is 3.56. The molecule has 1 N–H and O–H groups in total. The van der Waals surface area contributed by atoms with Crippen LogP contribution in [0.4, 0.5) is 0 Å². The van der Waals surface area contributed by atoms with Crippen molar-refractivity contribution in [1.82, 2.24) is 4.90 Å². The van der Waals surface area contributed by atoms with Gasteiger partial charge in [0, 0.05) is 23.7 Å². The van der Waals surface area contributed by atoms with Crippen molar-refractivity contribution in [1.29, 1.82) is 0 Å². The SMILES string of the molecule is CCC1CCCCN1C(=O)C(C)=C(C)C(=O)O. The molecule has 4 heteroatoms. The van der Waals surface area contributed by atoms with Gasteiger partial charge in [-0.3, -0.25) is 4.79 Å². The van der Waals surface area contributed by atoms with Gasteiger partial charge in [-0.1, -0.05) is 6.92 Å². The van der Waals surface area contributed by atoms with Crippen molar-refractivity contribution in [3.05, 3.63) is 11.1 Å². The smallest absolute Gasteiger partial charge is 0.331 e. The molecule has 96 valence electrons. The van der Waals surface area contributed by atoms with Gasteiger partial charge in [0.15, 0.2) is 0 Å². The second-order valence-corrected chi connectivity index (χ2v) is 4.61. The average Bonchev–Trinajstić information content (AvgIpc) is 2.35. The molecule has 1 atom stereocenters. The van der Waals surface area contributed by atoms with E-state index in [1.165, 1.54) is 6.92 Å². The highest BCUT2D eigenvalue weighted by atomic mass is 16.4. The molecule has 4 nitrogen and oxygen atoms in total. The van der Waals surface area contributed by atoms with Crippen LogP contribution in [0.1, 0.15) is 46.5 Å². The maximum Gasteiger partial charge on any atom is 0.331 e. The van der Waals surface area contributed by atoms with Gasteiger partial charge >= 0.3 is 5.97 Å². The first-order valence-corrected chi connectivity index (χ1v) is 6.20. The molecule has 0 saturated carbocycles. The number of likely N-dealkylation sites (tertiary alicyclic amines) is 1. The van der Waals surface area contributed by atoms with Crippen molar-refractivity contribution in [2.75, 3.05) is 6.54 Å². The number of piperidine rings is 1. The first-order valence-electron chi connectivity index (χ1n) is 6.20. The Hall–Kier alpha value is -1.32. The molecule has 1 fully saturated rings. The van der Waals surface area contributed by atoms with Crippen LogP contribution in [-0.2, 0) is 9.59 Å². The van der Waals surface area contributed by atoms with Crippen LogP contribution < -0.4 is 0 Å². The van der Waals surface area contributed by atoms with Crippen LogP contribution in [0.3, 0.4) is 0 Å². The molecule has 0 spiro atoms. The van der Waals surface area contributed by atoms with Gasteiger partial charge in [-0.25, -0.2) is 4.79 Å². The topological polar surface area (TPSA) is 57.6 Å². The zero-order valence-electron chi connectivity index (χ0n) is 10.8. The van der Waals surface area contributed by atoms with E-state index in [1.807, 2.05) is 4.90 Å². The maximum atomic E-state index is 12.2. The van der Waals surface area contributed by atoms with Crippen LogP contribution in [0.2, 0.25) is 0 Å². The van der Waals surface area contributed by atoms with Crippen molar-refractivity contribution in [2.45, 2.75) is 52.5 Å². The molecule has 17 heavy (non-hydrogen) atoms. The van der Waals surface area contributed by atoms with Crippen molar-refractivity contribution >= 4 is 11.9 Å². The quantitative estimate of drug-likeness (QED) is 0.768. The number of carboxylic acids is 1. The monoisotopic (exact) mass is 239 g/mol. The number of hydrogen-bond acceptors (Lipinski definition) is 2. The first kappa shape index (κ1) is 13.7. The molecule has 1 rings (SSSR count). The van der Waals surface area contributed by atoms with Gasteiger partial charge in [-0.15, -0.1) is 0 Å². The Kier molecular flexibility index (Phi) is 4.73. The minimum Gasteiger partial charge on any atom is -0.478 e. The third-order valence-electron chi connectivity index (χ3n) is 3.56. The highest BCUT2D eigenvalue weighted by Crippen LogP contribution is 2.22. The van der Waals surface area contributed by atoms with Gasteiger partial charge in [-0.05, 0) is 39.5 Å². The van der Waals surface area contributed by atoms with Crippen molar-refractivity contribution in [2.24, 2.45) is 0 Å². The minimum atomic E-state index is -1.01.